The Hall–Kier alpha value is -1.37. The molecular weight excluding hydrogens is 429 g/mol. The standard InChI is InChI=1S/C20H27INO3/c1-20(15-21)16-22(14-17-10-6-5-7-11-17)18(25-20)12-8-3-4-9-13-19(23)24-2/h5-7,9-11,13H,3-4,8,12,14-16H2,1-2H3/q+1/b13-9+. The molecule has 0 spiro atoms. The third-order valence-corrected chi connectivity index (χ3v) is 5.82. The Morgan fingerprint density at radius 3 is 2.80 bits per heavy atom. The van der Waals surface area contributed by atoms with E-state index in [2.05, 4.69) is 63.1 Å². The minimum atomic E-state index is -0.291. The maximum absolute atomic E-state index is 11.0. The molecule has 0 saturated heterocycles. The molecule has 0 aliphatic carbocycles. The predicted octanol–water partition coefficient (Wildman–Crippen LogP) is 4.11. The molecule has 1 unspecified atom stereocenters. The number of methoxy groups -OCH3 is 1. The molecule has 25 heavy (non-hydrogen) atoms. The second kappa shape index (κ2) is 9.94. The van der Waals surface area contributed by atoms with E-state index in [0.29, 0.717) is 0 Å². The summed E-state index contributed by atoms with van der Waals surface area (Å²) >= 11 is 2.41. The van der Waals surface area contributed by atoms with Gasteiger partial charge in [0.2, 0.25) is 0 Å². The molecule has 1 aliphatic rings. The van der Waals surface area contributed by atoms with Gasteiger partial charge in [-0.05, 0) is 26.2 Å². The quantitative estimate of drug-likeness (QED) is 0.140. The van der Waals surface area contributed by atoms with Gasteiger partial charge in [0.15, 0.2) is 18.7 Å². The van der Waals surface area contributed by atoms with E-state index in [1.54, 1.807) is 0 Å². The van der Waals surface area contributed by atoms with Gasteiger partial charge in [-0.2, -0.15) is 4.58 Å². The normalized spacial score (nSPS) is 20.1. The monoisotopic (exact) mass is 456 g/mol. The minimum Gasteiger partial charge on any atom is -0.466 e. The fourth-order valence-corrected chi connectivity index (χ4v) is 3.28. The number of carbonyl (C=O) groups excluding carboxylic acids is 1. The van der Waals surface area contributed by atoms with Crippen molar-refractivity contribution in [2.75, 3.05) is 18.1 Å². The van der Waals surface area contributed by atoms with Crippen LogP contribution in [-0.4, -0.2) is 40.1 Å². The van der Waals surface area contributed by atoms with Crippen molar-refractivity contribution in [1.29, 1.82) is 0 Å². The third kappa shape index (κ3) is 6.45. The van der Waals surface area contributed by atoms with Gasteiger partial charge in [-0.25, -0.2) is 4.79 Å². The molecule has 2 rings (SSSR count). The van der Waals surface area contributed by atoms with Crippen LogP contribution in [-0.2, 0) is 20.8 Å². The minimum absolute atomic E-state index is 0.102. The summed E-state index contributed by atoms with van der Waals surface area (Å²) < 4.78 is 14.2. The molecule has 5 heteroatoms. The van der Waals surface area contributed by atoms with Crippen molar-refractivity contribution in [3.8, 4) is 0 Å². The van der Waals surface area contributed by atoms with E-state index < -0.39 is 0 Å². The maximum atomic E-state index is 11.0. The molecule has 0 amide bonds. The van der Waals surface area contributed by atoms with Crippen LogP contribution in [0, 0.1) is 0 Å². The zero-order valence-corrected chi connectivity index (χ0v) is 17.2. The number of hydrogen-bond donors (Lipinski definition) is 0. The van der Waals surface area contributed by atoms with E-state index in [1.165, 1.54) is 18.7 Å². The Balaban J connectivity index is 1.90. The average Bonchev–Trinajstić information content (AvgIpc) is 2.95. The molecular formula is C20H27INO3+. The summed E-state index contributed by atoms with van der Waals surface area (Å²) in [6.07, 6.45) is 7.26. The first kappa shape index (κ1) is 19.9. The van der Waals surface area contributed by atoms with Gasteiger partial charge in [0.05, 0.1) is 13.5 Å². The SMILES string of the molecule is COC(=O)/C=C/CCCCC1=[N+](Cc2ccccc2)CC(C)(CI)O1. The summed E-state index contributed by atoms with van der Waals surface area (Å²) in [5.41, 5.74) is 1.21. The highest BCUT2D eigenvalue weighted by molar-refractivity contribution is 14.1. The van der Waals surface area contributed by atoms with Crippen LogP contribution in [0.25, 0.3) is 0 Å². The number of halogens is 1. The summed E-state index contributed by atoms with van der Waals surface area (Å²) in [6.45, 7) is 4.01. The highest BCUT2D eigenvalue weighted by Crippen LogP contribution is 2.24. The van der Waals surface area contributed by atoms with E-state index in [4.69, 9.17) is 4.74 Å². The lowest BCUT2D eigenvalue weighted by Crippen LogP contribution is -2.32. The van der Waals surface area contributed by atoms with Crippen molar-refractivity contribution in [3.05, 3.63) is 48.0 Å². The predicted molar refractivity (Wildman–Crippen MR) is 108 cm³/mol. The summed E-state index contributed by atoms with van der Waals surface area (Å²) in [5.74, 6) is 0.806. The molecule has 1 atom stereocenters. The van der Waals surface area contributed by atoms with Crippen LogP contribution >= 0.6 is 22.6 Å². The largest absolute Gasteiger partial charge is 0.466 e. The van der Waals surface area contributed by atoms with Gasteiger partial charge in [-0.3, -0.25) is 0 Å². The molecule has 0 N–H and O–H groups in total. The van der Waals surface area contributed by atoms with Gasteiger partial charge >= 0.3 is 11.9 Å². The van der Waals surface area contributed by atoms with Crippen LogP contribution in [0.3, 0.4) is 0 Å². The number of benzene rings is 1. The number of unbranched alkanes of at least 4 members (excludes halogenated alkanes) is 2. The number of esters is 1. The highest BCUT2D eigenvalue weighted by Gasteiger charge is 2.41. The van der Waals surface area contributed by atoms with Crippen LogP contribution in [0.2, 0.25) is 0 Å². The van der Waals surface area contributed by atoms with Gasteiger partial charge in [0.1, 0.15) is 0 Å². The molecule has 1 aromatic carbocycles. The number of nitrogens with zero attached hydrogens (tertiary/aromatic N) is 1. The highest BCUT2D eigenvalue weighted by atomic mass is 127. The van der Waals surface area contributed by atoms with Gasteiger partial charge in [0.25, 0.3) is 0 Å². The van der Waals surface area contributed by atoms with Crippen molar-refractivity contribution in [2.24, 2.45) is 0 Å². The molecule has 0 fully saturated rings. The van der Waals surface area contributed by atoms with Gasteiger partial charge < -0.3 is 9.47 Å². The Kier molecular flexibility index (Phi) is 7.93. The van der Waals surface area contributed by atoms with Crippen LogP contribution < -0.4 is 0 Å². The molecule has 136 valence electrons. The van der Waals surface area contributed by atoms with E-state index in [9.17, 15) is 4.79 Å². The van der Waals surface area contributed by atoms with Crippen LogP contribution in [0.4, 0.5) is 0 Å². The number of hydrogen-bond acceptors (Lipinski definition) is 3. The molecule has 4 nitrogen and oxygen atoms in total. The molecule has 1 aromatic rings. The van der Waals surface area contributed by atoms with Crippen molar-refractivity contribution in [3.63, 3.8) is 0 Å². The van der Waals surface area contributed by atoms with E-state index in [1.807, 2.05) is 12.1 Å². The van der Waals surface area contributed by atoms with Crippen molar-refractivity contribution in [1.82, 2.24) is 0 Å². The number of ether oxygens (including phenoxy) is 2. The second-order valence-corrected chi connectivity index (χ2v) is 7.36. The third-order valence-electron chi connectivity index (χ3n) is 4.21. The molecule has 0 bridgehead atoms. The molecule has 1 aliphatic heterocycles. The number of allylic oxidation sites excluding steroid dienone is 1. The van der Waals surface area contributed by atoms with Crippen LogP contribution in [0.1, 0.15) is 38.2 Å². The summed E-state index contributed by atoms with van der Waals surface area (Å²) in [7, 11) is 1.40. The smallest absolute Gasteiger partial charge is 0.337 e. The lowest BCUT2D eigenvalue weighted by Gasteiger charge is -2.16. The van der Waals surface area contributed by atoms with E-state index >= 15 is 0 Å². The van der Waals surface area contributed by atoms with Crippen molar-refractivity contribution in [2.45, 2.75) is 44.8 Å². The lowest BCUT2D eigenvalue weighted by molar-refractivity contribution is -0.541. The Morgan fingerprint density at radius 1 is 1.36 bits per heavy atom. The summed E-state index contributed by atoms with van der Waals surface area (Å²) in [4.78, 5) is 11.0. The zero-order valence-electron chi connectivity index (χ0n) is 15.0. The Bertz CT molecular complexity index is 627. The molecule has 1 heterocycles. The van der Waals surface area contributed by atoms with Gasteiger partial charge in [0, 0.05) is 16.1 Å². The van der Waals surface area contributed by atoms with E-state index in [0.717, 1.165) is 49.1 Å². The first-order valence-corrected chi connectivity index (χ1v) is 10.2. The first-order chi connectivity index (χ1) is 12.1. The first-order valence-electron chi connectivity index (χ1n) is 8.70. The van der Waals surface area contributed by atoms with Crippen LogP contribution in [0.15, 0.2) is 42.5 Å². The molecule has 0 aromatic heterocycles. The number of rotatable bonds is 9. The Morgan fingerprint density at radius 2 is 2.12 bits per heavy atom. The van der Waals surface area contributed by atoms with Crippen LogP contribution in [0.5, 0.6) is 0 Å². The second-order valence-electron chi connectivity index (χ2n) is 6.59. The fourth-order valence-electron chi connectivity index (χ4n) is 2.89. The number of carbonyl (C=O) groups is 1. The fraction of sp³-hybridized carbons (Fsp3) is 0.500. The summed E-state index contributed by atoms with van der Waals surface area (Å²) in [6, 6.07) is 10.5. The average molecular weight is 456 g/mol. The van der Waals surface area contributed by atoms with Gasteiger partial charge in [-0.15, -0.1) is 0 Å². The molecule has 0 saturated carbocycles. The van der Waals surface area contributed by atoms with E-state index in [-0.39, 0.29) is 11.6 Å². The number of alkyl halides is 1. The Labute approximate surface area is 164 Å². The topological polar surface area (TPSA) is 38.5 Å². The lowest BCUT2D eigenvalue weighted by atomic mass is 10.1. The summed E-state index contributed by atoms with van der Waals surface area (Å²) in [5, 5.41) is 0. The van der Waals surface area contributed by atoms with Gasteiger partial charge in [-0.1, -0.05) is 59.0 Å². The van der Waals surface area contributed by atoms with Crippen molar-refractivity contribution < 1.29 is 18.8 Å². The maximum Gasteiger partial charge on any atom is 0.337 e. The van der Waals surface area contributed by atoms with Crippen molar-refractivity contribution >= 4 is 34.5 Å². The zero-order chi connectivity index (χ0) is 18.1. The molecule has 0 radical (unpaired) electrons.